The van der Waals surface area contributed by atoms with Crippen molar-refractivity contribution in [1.82, 2.24) is 20.4 Å². The van der Waals surface area contributed by atoms with Crippen LogP contribution in [-0.2, 0) is 9.84 Å². The molecule has 25 heavy (non-hydrogen) atoms. The lowest BCUT2D eigenvalue weighted by Gasteiger charge is -2.47. The summed E-state index contributed by atoms with van der Waals surface area (Å²) in [6, 6.07) is 1.11. The van der Waals surface area contributed by atoms with E-state index in [0.29, 0.717) is 30.1 Å². The highest BCUT2D eigenvalue weighted by Gasteiger charge is 2.32. The van der Waals surface area contributed by atoms with Crippen LogP contribution >= 0.6 is 24.0 Å². The highest BCUT2D eigenvalue weighted by Crippen LogP contribution is 2.20. The minimum Gasteiger partial charge on any atom is -0.355 e. The summed E-state index contributed by atoms with van der Waals surface area (Å²) < 4.78 is 23.2. The number of nitrogens with zero attached hydrogens (tertiary/aromatic N) is 3. The maximum Gasteiger partial charge on any atom is 0.191 e. The van der Waals surface area contributed by atoms with Gasteiger partial charge in [0.1, 0.15) is 0 Å². The molecule has 4 heterocycles. The van der Waals surface area contributed by atoms with E-state index in [2.05, 4.69) is 20.4 Å². The second-order valence-corrected chi connectivity index (χ2v) is 9.98. The zero-order valence-corrected chi connectivity index (χ0v) is 17.8. The van der Waals surface area contributed by atoms with Crippen LogP contribution in [0.5, 0.6) is 0 Å². The van der Waals surface area contributed by atoms with Crippen LogP contribution in [0.25, 0.3) is 0 Å². The van der Waals surface area contributed by atoms with Gasteiger partial charge in [-0.15, -0.1) is 24.0 Å². The first-order valence-electron chi connectivity index (χ1n) is 9.29. The van der Waals surface area contributed by atoms with E-state index in [0.717, 1.165) is 25.5 Å². The molecule has 9 heteroatoms. The fraction of sp³-hybridized carbons (Fsp3) is 0.938. The largest absolute Gasteiger partial charge is 0.355 e. The van der Waals surface area contributed by atoms with Crippen LogP contribution in [0.2, 0.25) is 0 Å². The first kappa shape index (κ1) is 19.6. The predicted molar refractivity (Wildman–Crippen MR) is 110 cm³/mol. The van der Waals surface area contributed by atoms with Gasteiger partial charge in [0, 0.05) is 57.9 Å². The van der Waals surface area contributed by atoms with E-state index in [1.807, 2.05) is 0 Å². The Balaban J connectivity index is 0.00000182. The molecule has 5 rings (SSSR count). The Labute approximate surface area is 167 Å². The third-order valence-electron chi connectivity index (χ3n) is 5.65. The van der Waals surface area contributed by atoms with Crippen LogP contribution in [0.3, 0.4) is 0 Å². The SMILES string of the molecule is I.O=S1(=O)CCC(CN=C(NCC2CN3CCN2CC3)NC2CC2)C1. The Bertz CT molecular complexity index is 587. The Morgan fingerprint density at radius 2 is 1.88 bits per heavy atom. The van der Waals surface area contributed by atoms with Crippen molar-refractivity contribution < 1.29 is 8.42 Å². The molecule has 4 saturated heterocycles. The van der Waals surface area contributed by atoms with E-state index in [1.165, 1.54) is 39.0 Å². The van der Waals surface area contributed by atoms with Crippen LogP contribution in [0.15, 0.2) is 4.99 Å². The summed E-state index contributed by atoms with van der Waals surface area (Å²) in [7, 11) is -2.81. The molecule has 0 amide bonds. The highest BCUT2D eigenvalue weighted by molar-refractivity contribution is 14.0. The molecule has 5 fully saturated rings. The number of nitrogens with one attached hydrogen (secondary N) is 2. The molecule has 144 valence electrons. The second kappa shape index (κ2) is 8.26. The molecular formula is C16H30IN5O2S. The van der Waals surface area contributed by atoms with Gasteiger partial charge in [-0.3, -0.25) is 14.8 Å². The summed E-state index contributed by atoms with van der Waals surface area (Å²) >= 11 is 0. The van der Waals surface area contributed by atoms with Gasteiger partial charge in [0.05, 0.1) is 11.5 Å². The number of rotatable bonds is 5. The van der Waals surface area contributed by atoms with Crippen molar-refractivity contribution in [2.75, 3.05) is 57.3 Å². The maximum atomic E-state index is 11.6. The normalized spacial score (nSPS) is 36.7. The Morgan fingerprint density at radius 3 is 2.44 bits per heavy atom. The molecule has 2 N–H and O–H groups in total. The standard InChI is InChI=1S/C16H29N5O2S.HI/c22-24(23)8-3-13(12-24)9-17-16(19-14-1-2-14)18-10-15-11-20-4-6-21(15)7-5-20;/h13-15H,1-12H2,(H2,17,18,19);1H. The second-order valence-electron chi connectivity index (χ2n) is 7.75. The van der Waals surface area contributed by atoms with Crippen molar-refractivity contribution in [2.45, 2.75) is 31.3 Å². The summed E-state index contributed by atoms with van der Waals surface area (Å²) in [6.45, 7) is 7.43. The number of guanidine groups is 1. The number of piperazine rings is 3. The van der Waals surface area contributed by atoms with Crippen LogP contribution in [0.4, 0.5) is 0 Å². The lowest BCUT2D eigenvalue weighted by molar-refractivity contribution is 0.0154. The summed E-state index contributed by atoms with van der Waals surface area (Å²) in [6.07, 6.45) is 3.18. The lowest BCUT2D eigenvalue weighted by Crippen LogP contribution is -2.63. The molecule has 7 nitrogen and oxygen atoms in total. The topological polar surface area (TPSA) is 77.0 Å². The molecule has 1 aliphatic carbocycles. The van der Waals surface area contributed by atoms with Crippen LogP contribution in [-0.4, -0.2) is 93.6 Å². The summed E-state index contributed by atoms with van der Waals surface area (Å²) in [5, 5.41) is 6.99. The Morgan fingerprint density at radius 1 is 1.12 bits per heavy atom. The van der Waals surface area contributed by atoms with Crippen molar-refractivity contribution in [3.05, 3.63) is 0 Å². The van der Waals surface area contributed by atoms with E-state index in [-0.39, 0.29) is 29.9 Å². The molecule has 0 aromatic rings. The van der Waals surface area contributed by atoms with Crippen LogP contribution < -0.4 is 10.6 Å². The fourth-order valence-electron chi connectivity index (χ4n) is 3.94. The summed E-state index contributed by atoms with van der Waals surface area (Å²) in [4.78, 5) is 9.81. The fourth-order valence-corrected chi connectivity index (χ4v) is 5.79. The third-order valence-corrected chi connectivity index (χ3v) is 7.49. The molecule has 2 unspecified atom stereocenters. The Hall–Kier alpha value is -0.130. The molecule has 0 radical (unpaired) electrons. The van der Waals surface area contributed by atoms with Crippen molar-refractivity contribution >= 4 is 39.8 Å². The highest BCUT2D eigenvalue weighted by atomic mass is 127. The van der Waals surface area contributed by atoms with Crippen molar-refractivity contribution in [3.63, 3.8) is 0 Å². The monoisotopic (exact) mass is 483 g/mol. The van der Waals surface area contributed by atoms with Gasteiger partial charge < -0.3 is 10.6 Å². The summed E-state index contributed by atoms with van der Waals surface area (Å²) in [5.74, 6) is 1.70. The van der Waals surface area contributed by atoms with E-state index >= 15 is 0 Å². The average Bonchev–Trinajstić information content (AvgIpc) is 3.33. The molecule has 2 bridgehead atoms. The number of hydrogen-bond donors (Lipinski definition) is 2. The summed E-state index contributed by atoms with van der Waals surface area (Å²) in [5.41, 5.74) is 0. The third kappa shape index (κ3) is 5.43. The molecule has 5 aliphatic rings. The van der Waals surface area contributed by atoms with Crippen molar-refractivity contribution in [3.8, 4) is 0 Å². The maximum absolute atomic E-state index is 11.6. The van der Waals surface area contributed by atoms with E-state index in [4.69, 9.17) is 4.99 Å². The quantitative estimate of drug-likeness (QED) is 0.319. The van der Waals surface area contributed by atoms with Crippen LogP contribution in [0, 0.1) is 5.92 Å². The first-order chi connectivity index (χ1) is 11.6. The molecule has 1 saturated carbocycles. The first-order valence-corrected chi connectivity index (χ1v) is 11.1. The Kier molecular flexibility index (Phi) is 6.49. The van der Waals surface area contributed by atoms with Crippen molar-refractivity contribution in [2.24, 2.45) is 10.9 Å². The molecular weight excluding hydrogens is 453 g/mol. The minimum absolute atomic E-state index is 0. The van der Waals surface area contributed by atoms with E-state index in [1.54, 1.807) is 0 Å². The van der Waals surface area contributed by atoms with Gasteiger partial charge in [-0.05, 0) is 25.2 Å². The number of aliphatic imine (C=N–C) groups is 1. The van der Waals surface area contributed by atoms with E-state index < -0.39 is 9.84 Å². The molecule has 2 atom stereocenters. The zero-order chi connectivity index (χ0) is 16.6. The van der Waals surface area contributed by atoms with Crippen molar-refractivity contribution in [1.29, 1.82) is 0 Å². The number of hydrogen-bond acceptors (Lipinski definition) is 5. The average molecular weight is 483 g/mol. The predicted octanol–water partition coefficient (Wildman–Crippen LogP) is -0.263. The number of fused-ring (bicyclic) bond motifs is 3. The van der Waals surface area contributed by atoms with E-state index in [9.17, 15) is 8.42 Å². The van der Waals surface area contributed by atoms with Gasteiger partial charge in [-0.1, -0.05) is 0 Å². The van der Waals surface area contributed by atoms with Gasteiger partial charge >= 0.3 is 0 Å². The van der Waals surface area contributed by atoms with Gasteiger partial charge in [0.25, 0.3) is 0 Å². The van der Waals surface area contributed by atoms with Gasteiger partial charge in [-0.2, -0.15) is 0 Å². The van der Waals surface area contributed by atoms with Crippen LogP contribution in [0.1, 0.15) is 19.3 Å². The van der Waals surface area contributed by atoms with Gasteiger partial charge in [0.15, 0.2) is 15.8 Å². The molecule has 0 aromatic heterocycles. The number of halogens is 1. The minimum atomic E-state index is -2.81. The van der Waals surface area contributed by atoms with Gasteiger partial charge in [0.2, 0.25) is 0 Å². The number of sulfone groups is 1. The molecule has 4 aliphatic heterocycles. The molecule has 0 aromatic carbocycles. The molecule has 0 spiro atoms. The zero-order valence-electron chi connectivity index (χ0n) is 14.7. The smallest absolute Gasteiger partial charge is 0.191 e. The van der Waals surface area contributed by atoms with Gasteiger partial charge in [-0.25, -0.2) is 8.42 Å². The lowest BCUT2D eigenvalue weighted by atomic mass is 10.1.